The summed E-state index contributed by atoms with van der Waals surface area (Å²) in [6.45, 7) is -1.18. The number of alkyl halides is 3. The summed E-state index contributed by atoms with van der Waals surface area (Å²) in [6, 6.07) is 4.75. The maximum absolute atomic E-state index is 12.5. The number of rotatable bonds is 3. The maximum atomic E-state index is 12.5. The van der Waals surface area contributed by atoms with Crippen molar-refractivity contribution in [2.75, 3.05) is 6.54 Å². The van der Waals surface area contributed by atoms with Gasteiger partial charge >= 0.3 is 6.18 Å². The lowest BCUT2D eigenvalue weighted by molar-refractivity contribution is -0.141. The Bertz CT molecular complexity index is 502. The van der Waals surface area contributed by atoms with Gasteiger partial charge in [-0.3, -0.25) is 4.79 Å². The van der Waals surface area contributed by atoms with Crippen molar-refractivity contribution in [1.82, 2.24) is 4.90 Å². The van der Waals surface area contributed by atoms with Gasteiger partial charge in [-0.05, 0) is 53.6 Å². The first-order chi connectivity index (χ1) is 8.78. The van der Waals surface area contributed by atoms with E-state index in [1.807, 2.05) is 22.6 Å². The van der Waals surface area contributed by atoms with Gasteiger partial charge in [0.15, 0.2) is 0 Å². The second-order valence-electron chi connectivity index (χ2n) is 4.40. The Morgan fingerprint density at radius 2 is 2.05 bits per heavy atom. The number of benzene rings is 1. The van der Waals surface area contributed by atoms with Crippen LogP contribution >= 0.6 is 38.5 Å². The smallest absolute Gasteiger partial charge is 0.327 e. The first-order valence-corrected chi connectivity index (χ1v) is 7.48. The topological polar surface area (TPSA) is 20.3 Å². The van der Waals surface area contributed by atoms with E-state index in [0.717, 1.165) is 4.90 Å². The fourth-order valence-corrected chi connectivity index (χ4v) is 2.69. The Morgan fingerprint density at radius 1 is 1.42 bits per heavy atom. The molecule has 0 bridgehead atoms. The lowest BCUT2D eigenvalue weighted by Gasteiger charge is -2.24. The second kappa shape index (κ2) is 5.59. The van der Waals surface area contributed by atoms with Gasteiger partial charge in [0.1, 0.15) is 6.54 Å². The lowest BCUT2D eigenvalue weighted by Crippen LogP contribution is -2.40. The van der Waals surface area contributed by atoms with E-state index >= 15 is 0 Å². The fraction of sp³-hybridized carbons (Fsp3) is 0.417. The molecular weight excluding hydrogens is 438 g/mol. The van der Waals surface area contributed by atoms with Gasteiger partial charge in [0.05, 0.1) is 5.56 Å². The third kappa shape index (κ3) is 4.08. The van der Waals surface area contributed by atoms with Crippen molar-refractivity contribution in [1.29, 1.82) is 0 Å². The van der Waals surface area contributed by atoms with Gasteiger partial charge in [0, 0.05) is 14.1 Å². The SMILES string of the molecule is O=C(c1cc(Br)ccc1I)N(CC(F)(F)F)C1CC1. The van der Waals surface area contributed by atoms with Crippen molar-refractivity contribution in [2.24, 2.45) is 0 Å². The van der Waals surface area contributed by atoms with Crippen LogP contribution in [0.5, 0.6) is 0 Å². The van der Waals surface area contributed by atoms with Crippen molar-refractivity contribution < 1.29 is 18.0 Å². The number of nitrogens with zero attached hydrogens (tertiary/aromatic N) is 1. The van der Waals surface area contributed by atoms with Crippen LogP contribution < -0.4 is 0 Å². The van der Waals surface area contributed by atoms with Crippen LogP contribution in [0, 0.1) is 3.57 Å². The largest absolute Gasteiger partial charge is 0.406 e. The van der Waals surface area contributed by atoms with Crippen LogP contribution in [-0.2, 0) is 0 Å². The van der Waals surface area contributed by atoms with E-state index in [-0.39, 0.29) is 6.04 Å². The van der Waals surface area contributed by atoms with Gasteiger partial charge in [-0.1, -0.05) is 15.9 Å². The summed E-state index contributed by atoms with van der Waals surface area (Å²) in [5, 5.41) is 0. The molecule has 2 nitrogen and oxygen atoms in total. The molecule has 0 N–H and O–H groups in total. The number of hydrogen-bond donors (Lipinski definition) is 0. The molecule has 1 aromatic rings. The zero-order chi connectivity index (χ0) is 14.2. The minimum Gasteiger partial charge on any atom is -0.327 e. The molecule has 0 aromatic heterocycles. The first kappa shape index (κ1) is 15.1. The Kier molecular flexibility index (Phi) is 4.44. The Labute approximate surface area is 130 Å². The van der Waals surface area contributed by atoms with Gasteiger partial charge in [-0.25, -0.2) is 0 Å². The van der Waals surface area contributed by atoms with E-state index in [1.54, 1.807) is 18.2 Å². The molecule has 1 aromatic carbocycles. The summed E-state index contributed by atoms with van der Waals surface area (Å²) in [6.07, 6.45) is -3.07. The van der Waals surface area contributed by atoms with E-state index in [9.17, 15) is 18.0 Å². The van der Waals surface area contributed by atoms with E-state index < -0.39 is 18.6 Å². The number of carbonyl (C=O) groups is 1. The third-order valence-corrected chi connectivity index (χ3v) is 4.19. The van der Waals surface area contributed by atoms with Crippen molar-refractivity contribution in [2.45, 2.75) is 25.1 Å². The summed E-state index contributed by atoms with van der Waals surface area (Å²) in [5.74, 6) is -0.550. The highest BCUT2D eigenvalue weighted by Gasteiger charge is 2.41. The molecule has 0 atom stereocenters. The summed E-state index contributed by atoms with van der Waals surface area (Å²) in [5.41, 5.74) is 0.311. The molecule has 1 aliphatic rings. The van der Waals surface area contributed by atoms with Crippen LogP contribution in [0.15, 0.2) is 22.7 Å². The maximum Gasteiger partial charge on any atom is 0.406 e. The molecule has 0 saturated heterocycles. The normalized spacial score (nSPS) is 15.4. The molecule has 0 aliphatic heterocycles. The second-order valence-corrected chi connectivity index (χ2v) is 6.48. The predicted octanol–water partition coefficient (Wildman–Crippen LogP) is 4.22. The van der Waals surface area contributed by atoms with Crippen molar-refractivity contribution in [3.8, 4) is 0 Å². The highest BCUT2D eigenvalue weighted by atomic mass is 127. The lowest BCUT2D eigenvalue weighted by atomic mass is 10.2. The Balaban J connectivity index is 2.26. The zero-order valence-corrected chi connectivity index (χ0v) is 13.4. The van der Waals surface area contributed by atoms with Gasteiger partial charge in [0.25, 0.3) is 5.91 Å². The van der Waals surface area contributed by atoms with Crippen LogP contribution in [0.1, 0.15) is 23.2 Å². The van der Waals surface area contributed by atoms with Gasteiger partial charge < -0.3 is 4.90 Å². The summed E-state index contributed by atoms with van der Waals surface area (Å²) in [4.78, 5) is 13.2. The van der Waals surface area contributed by atoms with Crippen molar-refractivity contribution in [3.05, 3.63) is 31.8 Å². The van der Waals surface area contributed by atoms with E-state index in [2.05, 4.69) is 15.9 Å². The zero-order valence-electron chi connectivity index (χ0n) is 9.68. The van der Waals surface area contributed by atoms with Crippen LogP contribution in [0.2, 0.25) is 0 Å². The fourth-order valence-electron chi connectivity index (χ4n) is 1.76. The number of carbonyl (C=O) groups excluding carboxylic acids is 1. The monoisotopic (exact) mass is 447 g/mol. The minimum absolute atomic E-state index is 0.274. The first-order valence-electron chi connectivity index (χ1n) is 5.61. The van der Waals surface area contributed by atoms with Gasteiger partial charge in [0.2, 0.25) is 0 Å². The molecule has 0 radical (unpaired) electrons. The number of halogens is 5. The molecule has 0 heterocycles. The minimum atomic E-state index is -4.37. The van der Waals surface area contributed by atoms with Crippen molar-refractivity contribution in [3.63, 3.8) is 0 Å². The summed E-state index contributed by atoms with van der Waals surface area (Å²) < 4.78 is 39.0. The molecule has 1 amide bonds. The van der Waals surface area contributed by atoms with Crippen LogP contribution in [-0.4, -0.2) is 29.6 Å². The Morgan fingerprint density at radius 3 is 2.58 bits per heavy atom. The highest BCUT2D eigenvalue weighted by molar-refractivity contribution is 14.1. The third-order valence-electron chi connectivity index (χ3n) is 2.76. The van der Waals surface area contributed by atoms with Crippen LogP contribution in [0.3, 0.4) is 0 Å². The molecule has 104 valence electrons. The summed E-state index contributed by atoms with van der Waals surface area (Å²) in [7, 11) is 0. The molecule has 1 aliphatic carbocycles. The Hall–Kier alpha value is -0.310. The predicted molar refractivity (Wildman–Crippen MR) is 77.0 cm³/mol. The van der Waals surface area contributed by atoms with E-state index in [0.29, 0.717) is 26.4 Å². The number of amides is 1. The average molecular weight is 448 g/mol. The molecular formula is C12H10BrF3INO. The molecule has 1 fully saturated rings. The molecule has 1 saturated carbocycles. The van der Waals surface area contributed by atoms with Crippen LogP contribution in [0.25, 0.3) is 0 Å². The van der Waals surface area contributed by atoms with Gasteiger partial charge in [-0.2, -0.15) is 13.2 Å². The van der Waals surface area contributed by atoms with Gasteiger partial charge in [-0.15, -0.1) is 0 Å². The molecule has 7 heteroatoms. The average Bonchev–Trinajstić information content (AvgIpc) is 3.11. The highest BCUT2D eigenvalue weighted by Crippen LogP contribution is 2.32. The molecule has 19 heavy (non-hydrogen) atoms. The van der Waals surface area contributed by atoms with Crippen LogP contribution in [0.4, 0.5) is 13.2 Å². The summed E-state index contributed by atoms with van der Waals surface area (Å²) >= 11 is 5.19. The molecule has 0 spiro atoms. The standard InChI is InChI=1S/C12H10BrF3INO/c13-7-1-4-10(17)9(5-7)11(19)18(8-2-3-8)6-12(14,15)16/h1,4-5,8H,2-3,6H2. The van der Waals surface area contributed by atoms with E-state index in [4.69, 9.17) is 0 Å². The molecule has 0 unspecified atom stereocenters. The molecule has 2 rings (SSSR count). The van der Waals surface area contributed by atoms with E-state index in [1.165, 1.54) is 0 Å². The van der Waals surface area contributed by atoms with Crippen molar-refractivity contribution >= 4 is 44.4 Å². The quantitative estimate of drug-likeness (QED) is 0.635. The number of hydrogen-bond acceptors (Lipinski definition) is 1.